The van der Waals surface area contributed by atoms with Crippen molar-refractivity contribution in [2.45, 2.75) is 62.9 Å². The Morgan fingerprint density at radius 1 is 0.838 bits per heavy atom. The Kier molecular flexibility index (Phi) is 9.90. The number of hydrogen-bond donors (Lipinski definition) is 7. The molecule has 3 aliphatic rings. The molecule has 3 heterocycles. The minimum absolute atomic E-state index is 0.0440. The van der Waals surface area contributed by atoms with Gasteiger partial charge in [-0.1, -0.05) is 0 Å². The molecule has 0 aromatic carbocycles. The Morgan fingerprint density at radius 2 is 1.38 bits per heavy atom. The van der Waals surface area contributed by atoms with Gasteiger partial charge in [-0.2, -0.15) is 0 Å². The van der Waals surface area contributed by atoms with Crippen LogP contribution in [0.4, 0.5) is 0 Å². The van der Waals surface area contributed by atoms with E-state index in [1.807, 2.05) is 9.80 Å². The fourth-order valence-electron chi connectivity index (χ4n) is 5.56. The molecule has 7 N–H and O–H groups in total. The number of hydrogen-bond acceptors (Lipinski definition) is 10. The highest BCUT2D eigenvalue weighted by Crippen LogP contribution is 2.44. The molecular weight excluding hydrogens is 490 g/mol. The van der Waals surface area contributed by atoms with Crippen molar-refractivity contribution in [3.8, 4) is 0 Å². The number of aliphatic hydroxyl groups excluding tert-OH is 4. The number of nitrogens with zero attached hydrogens (tertiary/aromatic N) is 3. The van der Waals surface area contributed by atoms with E-state index < -0.39 is 48.9 Å². The van der Waals surface area contributed by atoms with Gasteiger partial charge in [-0.15, -0.1) is 0 Å². The van der Waals surface area contributed by atoms with Gasteiger partial charge in [-0.05, 0) is 37.0 Å². The van der Waals surface area contributed by atoms with Gasteiger partial charge in [0, 0.05) is 51.1 Å². The number of carboxylic acid groups (broad SMARTS) is 3. The van der Waals surface area contributed by atoms with Crippen LogP contribution >= 0.6 is 0 Å². The maximum Gasteiger partial charge on any atom is 0.303 e. The van der Waals surface area contributed by atoms with E-state index in [9.17, 15) is 34.8 Å². The average Bonchev–Trinajstić information content (AvgIpc) is 3.20. The fraction of sp³-hybridized carbons (Fsp3) is 0.708. The van der Waals surface area contributed by atoms with E-state index in [2.05, 4.69) is 0 Å². The highest BCUT2D eigenvalue weighted by molar-refractivity contribution is 5.67. The van der Waals surface area contributed by atoms with E-state index in [1.54, 1.807) is 4.90 Å². The SMILES string of the molecule is O=C(O)CCCN1CC(O)C2C3=C1CN(CCCC(=O)O)C(C(O)C(O)CO)=C3CN2CCCC(=O)O. The molecule has 0 aliphatic carbocycles. The van der Waals surface area contributed by atoms with E-state index in [4.69, 9.17) is 15.3 Å². The second-order valence-electron chi connectivity index (χ2n) is 9.76. The molecule has 3 rings (SSSR count). The lowest BCUT2D eigenvalue weighted by atomic mass is 9.86. The van der Waals surface area contributed by atoms with Crippen LogP contribution in [0.1, 0.15) is 38.5 Å². The molecule has 0 aromatic heterocycles. The molecule has 13 heteroatoms. The van der Waals surface area contributed by atoms with Gasteiger partial charge in [-0.3, -0.25) is 19.3 Å². The summed E-state index contributed by atoms with van der Waals surface area (Å²) in [6, 6.07) is -0.468. The smallest absolute Gasteiger partial charge is 0.303 e. The van der Waals surface area contributed by atoms with E-state index in [1.165, 1.54) is 0 Å². The Morgan fingerprint density at radius 3 is 1.92 bits per heavy atom. The van der Waals surface area contributed by atoms with Gasteiger partial charge in [0.1, 0.15) is 12.2 Å². The zero-order valence-corrected chi connectivity index (χ0v) is 20.7. The van der Waals surface area contributed by atoms with Crippen molar-refractivity contribution in [1.82, 2.24) is 14.7 Å². The highest BCUT2D eigenvalue weighted by atomic mass is 16.4. The number of aliphatic hydroxyl groups is 4. The van der Waals surface area contributed by atoms with E-state index in [0.717, 1.165) is 11.3 Å². The van der Waals surface area contributed by atoms with Crippen LogP contribution in [0.25, 0.3) is 0 Å². The lowest BCUT2D eigenvalue weighted by Gasteiger charge is -2.46. The lowest BCUT2D eigenvalue weighted by Crippen LogP contribution is -2.53. The van der Waals surface area contributed by atoms with Gasteiger partial charge >= 0.3 is 17.9 Å². The van der Waals surface area contributed by atoms with Gasteiger partial charge in [0.15, 0.2) is 0 Å². The molecule has 0 spiro atoms. The quantitative estimate of drug-likeness (QED) is 0.129. The number of likely N-dealkylation sites (tertiary alicyclic amines) is 1. The van der Waals surface area contributed by atoms with Crippen molar-refractivity contribution in [2.75, 3.05) is 45.9 Å². The third-order valence-corrected chi connectivity index (χ3v) is 7.14. The molecule has 0 bridgehead atoms. The van der Waals surface area contributed by atoms with Crippen LogP contribution in [-0.2, 0) is 14.4 Å². The molecule has 4 unspecified atom stereocenters. The second kappa shape index (κ2) is 12.7. The molecule has 4 atom stereocenters. The summed E-state index contributed by atoms with van der Waals surface area (Å²) in [6.45, 7) is 1.08. The van der Waals surface area contributed by atoms with Crippen molar-refractivity contribution in [3.63, 3.8) is 0 Å². The zero-order valence-electron chi connectivity index (χ0n) is 20.7. The van der Waals surface area contributed by atoms with E-state index in [-0.39, 0.29) is 51.9 Å². The van der Waals surface area contributed by atoms with Crippen molar-refractivity contribution in [3.05, 3.63) is 22.5 Å². The minimum Gasteiger partial charge on any atom is -0.481 e. The van der Waals surface area contributed by atoms with Crippen LogP contribution in [0.3, 0.4) is 0 Å². The molecule has 0 amide bonds. The number of rotatable bonds is 15. The zero-order chi connectivity index (χ0) is 27.3. The van der Waals surface area contributed by atoms with Crippen molar-refractivity contribution in [1.29, 1.82) is 0 Å². The Labute approximate surface area is 214 Å². The van der Waals surface area contributed by atoms with Crippen LogP contribution in [0.5, 0.6) is 0 Å². The van der Waals surface area contributed by atoms with Crippen molar-refractivity contribution >= 4 is 17.9 Å². The monoisotopic (exact) mass is 527 g/mol. The summed E-state index contributed by atoms with van der Waals surface area (Å²) >= 11 is 0. The van der Waals surface area contributed by atoms with Crippen molar-refractivity contribution < 1.29 is 50.1 Å². The second-order valence-corrected chi connectivity index (χ2v) is 9.76. The fourth-order valence-corrected chi connectivity index (χ4v) is 5.56. The maximum absolute atomic E-state index is 11.1. The molecule has 0 aromatic rings. The molecule has 1 saturated heterocycles. The summed E-state index contributed by atoms with van der Waals surface area (Å²) < 4.78 is 0. The first-order valence-corrected chi connectivity index (χ1v) is 12.6. The van der Waals surface area contributed by atoms with E-state index >= 15 is 0 Å². The first-order valence-electron chi connectivity index (χ1n) is 12.6. The summed E-state index contributed by atoms with van der Waals surface area (Å²) in [4.78, 5) is 38.9. The predicted molar refractivity (Wildman–Crippen MR) is 128 cm³/mol. The lowest BCUT2D eigenvalue weighted by molar-refractivity contribution is -0.138. The van der Waals surface area contributed by atoms with E-state index in [0.29, 0.717) is 37.2 Å². The van der Waals surface area contributed by atoms with Crippen LogP contribution in [-0.4, -0.2) is 139 Å². The van der Waals surface area contributed by atoms with Crippen LogP contribution in [0.2, 0.25) is 0 Å². The molecule has 3 aliphatic heterocycles. The van der Waals surface area contributed by atoms with Gasteiger partial charge in [0.25, 0.3) is 0 Å². The summed E-state index contributed by atoms with van der Waals surface area (Å²) in [6.07, 6.45) is -3.03. The summed E-state index contributed by atoms with van der Waals surface area (Å²) in [5, 5.41) is 69.2. The van der Waals surface area contributed by atoms with Gasteiger partial charge in [-0.25, -0.2) is 0 Å². The summed E-state index contributed by atoms with van der Waals surface area (Å²) in [5.41, 5.74) is 2.61. The maximum atomic E-state index is 11.1. The van der Waals surface area contributed by atoms with Crippen LogP contribution in [0.15, 0.2) is 22.5 Å². The first kappa shape index (κ1) is 28.9. The summed E-state index contributed by atoms with van der Waals surface area (Å²) in [7, 11) is 0. The summed E-state index contributed by atoms with van der Waals surface area (Å²) in [5.74, 6) is -2.83. The molecular formula is C24H37N3O10. The number of carbonyl (C=O) groups is 3. The third-order valence-electron chi connectivity index (χ3n) is 7.14. The molecule has 0 radical (unpaired) electrons. The Hall–Kier alpha value is -2.71. The largest absolute Gasteiger partial charge is 0.481 e. The molecule has 1 fully saturated rings. The highest BCUT2D eigenvalue weighted by Gasteiger charge is 2.49. The molecule has 37 heavy (non-hydrogen) atoms. The topological polar surface area (TPSA) is 203 Å². The molecule has 13 nitrogen and oxygen atoms in total. The third kappa shape index (κ3) is 6.79. The van der Waals surface area contributed by atoms with Crippen LogP contribution < -0.4 is 0 Å². The molecule has 208 valence electrons. The Bertz CT molecular complexity index is 936. The molecule has 0 saturated carbocycles. The standard InChI is InChI=1S/C24H37N3O10/c28-13-17(30)24(37)22-14-10-26(8-2-5-19(33)34)23-16(29)12-25(7-1-4-18(31)32)15(21(14)23)11-27(22)9-3-6-20(35)36/h16-17,23-24,28-30,37H,1-13H2,(H,31,32)(H,33,34)(H,35,36). The number of β-amino-alcohol motifs (C(OH)–C–C–N with tert-alkyl or cyclic N) is 1. The van der Waals surface area contributed by atoms with Gasteiger partial charge in [0.05, 0.1) is 31.0 Å². The number of aliphatic carboxylic acids is 3. The van der Waals surface area contributed by atoms with Crippen molar-refractivity contribution in [2.24, 2.45) is 0 Å². The van der Waals surface area contributed by atoms with Crippen LogP contribution in [0, 0.1) is 0 Å². The number of carboxylic acids is 3. The first-order chi connectivity index (χ1) is 17.5. The normalized spacial score (nSPS) is 23.4. The minimum atomic E-state index is -1.48. The van der Waals surface area contributed by atoms with Gasteiger partial charge < -0.3 is 45.5 Å². The average molecular weight is 528 g/mol. The van der Waals surface area contributed by atoms with Gasteiger partial charge in [0.2, 0.25) is 0 Å². The predicted octanol–water partition coefficient (Wildman–Crippen LogP) is -1.52. The Balaban J connectivity index is 2.03.